The van der Waals surface area contributed by atoms with Gasteiger partial charge in [-0.15, -0.1) is 0 Å². The maximum absolute atomic E-state index is 12.1. The van der Waals surface area contributed by atoms with Crippen LogP contribution >= 0.6 is 15.9 Å². The van der Waals surface area contributed by atoms with Gasteiger partial charge in [0.2, 0.25) is 5.91 Å². The minimum absolute atomic E-state index is 0.0163. The zero-order valence-electron chi connectivity index (χ0n) is 13.4. The largest absolute Gasteiger partial charge is 0.382 e. The fourth-order valence-electron chi connectivity index (χ4n) is 2.70. The standard InChI is InChI=1S/C19H21BrN2O2/c20-15-5-3-14(4-6-15)12-19(23)22-17-9-7-16(8-10-17)21-13-18-2-1-11-24-18/h3-10,18,21H,1-2,11-13H2,(H,22,23). The van der Waals surface area contributed by atoms with Crippen molar-refractivity contribution in [2.24, 2.45) is 0 Å². The summed E-state index contributed by atoms with van der Waals surface area (Å²) in [5.41, 5.74) is 2.83. The Morgan fingerprint density at radius 1 is 1.08 bits per heavy atom. The van der Waals surface area contributed by atoms with E-state index in [0.717, 1.165) is 47.4 Å². The van der Waals surface area contributed by atoms with Crippen LogP contribution in [0.15, 0.2) is 53.0 Å². The van der Waals surface area contributed by atoms with Crippen LogP contribution in [0.1, 0.15) is 18.4 Å². The summed E-state index contributed by atoms with van der Waals surface area (Å²) in [5, 5.41) is 6.30. The minimum atomic E-state index is -0.0163. The number of benzene rings is 2. The van der Waals surface area contributed by atoms with Gasteiger partial charge in [0.05, 0.1) is 12.5 Å². The van der Waals surface area contributed by atoms with Gasteiger partial charge in [0, 0.05) is 29.0 Å². The number of ether oxygens (including phenoxy) is 1. The lowest BCUT2D eigenvalue weighted by Crippen LogP contribution is -2.18. The van der Waals surface area contributed by atoms with Gasteiger partial charge in [-0.05, 0) is 54.8 Å². The highest BCUT2D eigenvalue weighted by Gasteiger charge is 2.14. The molecule has 1 amide bonds. The van der Waals surface area contributed by atoms with Gasteiger partial charge >= 0.3 is 0 Å². The molecule has 126 valence electrons. The third kappa shape index (κ3) is 5.08. The Labute approximate surface area is 150 Å². The molecule has 1 aliphatic rings. The van der Waals surface area contributed by atoms with E-state index in [2.05, 4.69) is 26.6 Å². The molecule has 0 spiro atoms. The van der Waals surface area contributed by atoms with Gasteiger partial charge in [-0.1, -0.05) is 28.1 Å². The molecule has 1 heterocycles. The summed E-state index contributed by atoms with van der Waals surface area (Å²) in [6, 6.07) is 15.6. The molecule has 2 aromatic rings. The van der Waals surface area contributed by atoms with Gasteiger partial charge in [0.15, 0.2) is 0 Å². The van der Waals surface area contributed by atoms with Gasteiger partial charge in [-0.2, -0.15) is 0 Å². The van der Waals surface area contributed by atoms with E-state index in [1.165, 1.54) is 0 Å². The van der Waals surface area contributed by atoms with E-state index in [1.54, 1.807) is 0 Å². The third-order valence-electron chi connectivity index (χ3n) is 4.00. The molecule has 3 rings (SSSR count). The first-order valence-corrected chi connectivity index (χ1v) is 8.98. The molecule has 0 saturated carbocycles. The fraction of sp³-hybridized carbons (Fsp3) is 0.316. The van der Waals surface area contributed by atoms with Crippen molar-refractivity contribution in [2.45, 2.75) is 25.4 Å². The van der Waals surface area contributed by atoms with E-state index in [-0.39, 0.29) is 5.91 Å². The Kier molecular flexibility index (Phi) is 5.88. The fourth-order valence-corrected chi connectivity index (χ4v) is 2.97. The Hall–Kier alpha value is -1.85. The maximum atomic E-state index is 12.1. The second kappa shape index (κ2) is 8.31. The normalized spacial score (nSPS) is 16.8. The lowest BCUT2D eigenvalue weighted by Gasteiger charge is -2.12. The summed E-state index contributed by atoms with van der Waals surface area (Å²) in [4.78, 5) is 12.1. The van der Waals surface area contributed by atoms with Crippen LogP contribution in [-0.2, 0) is 16.0 Å². The number of amides is 1. The molecule has 5 heteroatoms. The molecular weight excluding hydrogens is 368 g/mol. The number of nitrogens with one attached hydrogen (secondary N) is 2. The predicted molar refractivity (Wildman–Crippen MR) is 100 cm³/mol. The second-order valence-electron chi connectivity index (χ2n) is 5.94. The van der Waals surface area contributed by atoms with E-state index in [9.17, 15) is 4.79 Å². The molecule has 24 heavy (non-hydrogen) atoms. The average molecular weight is 389 g/mol. The molecule has 2 N–H and O–H groups in total. The lowest BCUT2D eigenvalue weighted by molar-refractivity contribution is -0.115. The van der Waals surface area contributed by atoms with Crippen LogP contribution in [0.5, 0.6) is 0 Å². The van der Waals surface area contributed by atoms with Gasteiger partial charge < -0.3 is 15.4 Å². The van der Waals surface area contributed by atoms with Crippen molar-refractivity contribution in [3.63, 3.8) is 0 Å². The number of hydrogen-bond donors (Lipinski definition) is 2. The molecule has 1 aliphatic heterocycles. The summed E-state index contributed by atoms with van der Waals surface area (Å²) in [6.45, 7) is 1.70. The van der Waals surface area contributed by atoms with Crippen LogP contribution in [0.3, 0.4) is 0 Å². The Balaban J connectivity index is 1.47. The van der Waals surface area contributed by atoms with Gasteiger partial charge in [0.1, 0.15) is 0 Å². The maximum Gasteiger partial charge on any atom is 0.228 e. The topological polar surface area (TPSA) is 50.4 Å². The number of rotatable bonds is 6. The third-order valence-corrected chi connectivity index (χ3v) is 4.53. The van der Waals surface area contributed by atoms with E-state index in [1.807, 2.05) is 48.5 Å². The van der Waals surface area contributed by atoms with E-state index >= 15 is 0 Å². The highest BCUT2D eigenvalue weighted by atomic mass is 79.9. The molecule has 0 bridgehead atoms. The molecule has 1 unspecified atom stereocenters. The van der Waals surface area contributed by atoms with E-state index in [0.29, 0.717) is 12.5 Å². The van der Waals surface area contributed by atoms with Gasteiger partial charge in [0.25, 0.3) is 0 Å². The highest BCUT2D eigenvalue weighted by molar-refractivity contribution is 9.10. The molecule has 0 radical (unpaired) electrons. The summed E-state index contributed by atoms with van der Waals surface area (Å²) in [6.07, 6.45) is 2.95. The first-order chi connectivity index (χ1) is 11.7. The summed E-state index contributed by atoms with van der Waals surface area (Å²) < 4.78 is 6.60. The molecule has 0 aliphatic carbocycles. The van der Waals surface area contributed by atoms with Crippen molar-refractivity contribution in [3.8, 4) is 0 Å². The number of carbonyl (C=O) groups excluding carboxylic acids is 1. The second-order valence-corrected chi connectivity index (χ2v) is 6.86. The summed E-state index contributed by atoms with van der Waals surface area (Å²) >= 11 is 3.39. The van der Waals surface area contributed by atoms with Crippen molar-refractivity contribution in [1.29, 1.82) is 0 Å². The van der Waals surface area contributed by atoms with Gasteiger partial charge in [-0.3, -0.25) is 4.79 Å². The number of hydrogen-bond acceptors (Lipinski definition) is 3. The van der Waals surface area contributed by atoms with Crippen LogP contribution in [0.4, 0.5) is 11.4 Å². The Bertz CT molecular complexity index is 665. The predicted octanol–water partition coefficient (Wildman–Crippen LogP) is 4.22. The summed E-state index contributed by atoms with van der Waals surface area (Å²) in [7, 11) is 0. The Morgan fingerprint density at radius 3 is 2.46 bits per heavy atom. The first-order valence-electron chi connectivity index (χ1n) is 8.19. The smallest absolute Gasteiger partial charge is 0.228 e. The zero-order chi connectivity index (χ0) is 16.8. The zero-order valence-corrected chi connectivity index (χ0v) is 15.0. The van der Waals surface area contributed by atoms with E-state index in [4.69, 9.17) is 4.74 Å². The molecule has 1 fully saturated rings. The average Bonchev–Trinajstić information content (AvgIpc) is 3.10. The molecule has 1 saturated heterocycles. The van der Waals surface area contributed by atoms with Crippen LogP contribution in [-0.4, -0.2) is 25.2 Å². The monoisotopic (exact) mass is 388 g/mol. The Morgan fingerprint density at radius 2 is 1.79 bits per heavy atom. The molecule has 1 atom stereocenters. The minimum Gasteiger partial charge on any atom is -0.382 e. The number of halogens is 1. The number of anilines is 2. The van der Waals surface area contributed by atoms with E-state index < -0.39 is 0 Å². The molecule has 0 aromatic heterocycles. The SMILES string of the molecule is O=C(Cc1ccc(Br)cc1)Nc1ccc(NCC2CCCO2)cc1. The number of carbonyl (C=O) groups is 1. The van der Waals surface area contributed by atoms with Crippen LogP contribution in [0.2, 0.25) is 0 Å². The van der Waals surface area contributed by atoms with Crippen LogP contribution in [0.25, 0.3) is 0 Å². The lowest BCUT2D eigenvalue weighted by atomic mass is 10.1. The van der Waals surface area contributed by atoms with Crippen molar-refractivity contribution >= 4 is 33.2 Å². The van der Waals surface area contributed by atoms with Crippen LogP contribution in [0, 0.1) is 0 Å². The van der Waals surface area contributed by atoms with Crippen molar-refractivity contribution in [2.75, 3.05) is 23.8 Å². The van der Waals surface area contributed by atoms with Crippen molar-refractivity contribution in [3.05, 3.63) is 58.6 Å². The molecule has 2 aromatic carbocycles. The van der Waals surface area contributed by atoms with Crippen LogP contribution < -0.4 is 10.6 Å². The molecule has 4 nitrogen and oxygen atoms in total. The first kappa shape index (κ1) is 17.0. The summed E-state index contributed by atoms with van der Waals surface area (Å²) in [5.74, 6) is -0.0163. The van der Waals surface area contributed by atoms with Crippen molar-refractivity contribution < 1.29 is 9.53 Å². The highest BCUT2D eigenvalue weighted by Crippen LogP contribution is 2.17. The molecular formula is C19H21BrN2O2. The quantitative estimate of drug-likeness (QED) is 0.778. The van der Waals surface area contributed by atoms with Gasteiger partial charge in [-0.25, -0.2) is 0 Å². The van der Waals surface area contributed by atoms with Crippen molar-refractivity contribution in [1.82, 2.24) is 0 Å².